The number of amides is 1. The molecule has 1 saturated heterocycles. The van der Waals surface area contributed by atoms with Crippen LogP contribution in [0.15, 0.2) is 18.2 Å². The molecule has 1 aliphatic rings. The molecule has 0 saturated carbocycles. The van der Waals surface area contributed by atoms with Crippen molar-refractivity contribution in [3.8, 4) is 0 Å². The lowest BCUT2D eigenvalue weighted by Crippen LogP contribution is -2.40. The summed E-state index contributed by atoms with van der Waals surface area (Å²) in [5.41, 5.74) is -1.94. The van der Waals surface area contributed by atoms with Crippen LogP contribution < -0.4 is 0 Å². The number of halogens is 4. The van der Waals surface area contributed by atoms with E-state index in [9.17, 15) is 27.2 Å². The lowest BCUT2D eigenvalue weighted by atomic mass is 9.96. The number of likely N-dealkylation sites (tertiary alicyclic amines) is 1. The number of piperidine rings is 1. The molecule has 0 bridgehead atoms. The molecule has 0 radical (unpaired) electrons. The molecule has 0 atom stereocenters. The Bertz CT molecular complexity index is 592. The van der Waals surface area contributed by atoms with Gasteiger partial charge in [-0.3, -0.25) is 9.59 Å². The summed E-state index contributed by atoms with van der Waals surface area (Å²) in [4.78, 5) is 24.2. The molecule has 0 unspecified atom stereocenters. The van der Waals surface area contributed by atoms with E-state index in [-0.39, 0.29) is 32.0 Å². The topological polar surface area (TPSA) is 57.6 Å². The van der Waals surface area contributed by atoms with Crippen molar-refractivity contribution in [3.63, 3.8) is 0 Å². The summed E-state index contributed by atoms with van der Waals surface area (Å²) in [6.45, 7) is 0.120. The maximum atomic E-state index is 13.0. The number of carboxylic acids is 1. The second kappa shape index (κ2) is 5.94. The number of carboxylic acid groups (broad SMARTS) is 1. The van der Waals surface area contributed by atoms with Crippen LogP contribution >= 0.6 is 0 Å². The van der Waals surface area contributed by atoms with Gasteiger partial charge in [0.15, 0.2) is 0 Å². The van der Waals surface area contributed by atoms with Crippen LogP contribution in [-0.2, 0) is 11.0 Å². The summed E-state index contributed by atoms with van der Waals surface area (Å²) < 4.78 is 51.8. The fraction of sp³-hybridized carbons (Fsp3) is 0.429. The Morgan fingerprint density at radius 1 is 1.18 bits per heavy atom. The lowest BCUT2D eigenvalue weighted by Gasteiger charge is -2.30. The van der Waals surface area contributed by atoms with E-state index in [1.807, 2.05) is 0 Å². The number of benzene rings is 1. The van der Waals surface area contributed by atoms with Crippen molar-refractivity contribution >= 4 is 11.9 Å². The monoisotopic (exact) mass is 319 g/mol. The number of carbonyl (C=O) groups is 2. The predicted molar refractivity (Wildman–Crippen MR) is 67.7 cm³/mol. The Hall–Kier alpha value is -2.12. The quantitative estimate of drug-likeness (QED) is 0.853. The Kier molecular flexibility index (Phi) is 4.39. The molecule has 1 aromatic rings. The minimum Gasteiger partial charge on any atom is -0.481 e. The third kappa shape index (κ3) is 3.37. The van der Waals surface area contributed by atoms with Crippen LogP contribution in [0.5, 0.6) is 0 Å². The zero-order valence-corrected chi connectivity index (χ0v) is 11.4. The van der Waals surface area contributed by atoms with Crippen molar-refractivity contribution in [2.45, 2.75) is 19.0 Å². The lowest BCUT2D eigenvalue weighted by molar-refractivity contribution is -0.143. The van der Waals surface area contributed by atoms with Crippen LogP contribution in [0, 0.1) is 11.7 Å². The predicted octanol–water partition coefficient (Wildman–Crippen LogP) is 2.78. The first-order valence-electron chi connectivity index (χ1n) is 6.59. The van der Waals surface area contributed by atoms with E-state index < -0.39 is 40.9 Å². The third-order valence-corrected chi connectivity index (χ3v) is 3.65. The Morgan fingerprint density at radius 2 is 1.77 bits per heavy atom. The average molecular weight is 319 g/mol. The molecular formula is C14H13F4NO3. The normalized spacial score (nSPS) is 16.6. The maximum absolute atomic E-state index is 13.0. The molecule has 1 N–H and O–H groups in total. The van der Waals surface area contributed by atoms with Gasteiger partial charge in [0.2, 0.25) is 0 Å². The molecule has 1 heterocycles. The van der Waals surface area contributed by atoms with Crippen LogP contribution in [0.4, 0.5) is 17.6 Å². The van der Waals surface area contributed by atoms with E-state index in [2.05, 4.69) is 0 Å². The van der Waals surface area contributed by atoms with Crippen molar-refractivity contribution < 1.29 is 32.3 Å². The molecule has 4 nitrogen and oxygen atoms in total. The van der Waals surface area contributed by atoms with E-state index in [1.165, 1.54) is 4.90 Å². The summed E-state index contributed by atoms with van der Waals surface area (Å²) in [5.74, 6) is -3.52. The van der Waals surface area contributed by atoms with Gasteiger partial charge < -0.3 is 10.0 Å². The zero-order valence-electron chi connectivity index (χ0n) is 11.4. The highest BCUT2D eigenvalue weighted by molar-refractivity contribution is 5.96. The van der Waals surface area contributed by atoms with E-state index in [1.54, 1.807) is 0 Å². The average Bonchev–Trinajstić information content (AvgIpc) is 2.45. The summed E-state index contributed by atoms with van der Waals surface area (Å²) in [5, 5.41) is 8.87. The summed E-state index contributed by atoms with van der Waals surface area (Å²) in [6.07, 6.45) is -4.47. The minimum atomic E-state index is -4.84. The van der Waals surface area contributed by atoms with Crippen molar-refractivity contribution in [3.05, 3.63) is 35.1 Å². The second-order valence-corrected chi connectivity index (χ2v) is 5.09. The smallest absolute Gasteiger partial charge is 0.417 e. The summed E-state index contributed by atoms with van der Waals surface area (Å²) >= 11 is 0. The Morgan fingerprint density at radius 3 is 2.27 bits per heavy atom. The van der Waals surface area contributed by atoms with Gasteiger partial charge in [0.05, 0.1) is 17.0 Å². The Labute approximate surface area is 123 Å². The van der Waals surface area contributed by atoms with Crippen molar-refractivity contribution in [1.29, 1.82) is 0 Å². The maximum Gasteiger partial charge on any atom is 0.417 e. The van der Waals surface area contributed by atoms with Crippen molar-refractivity contribution in [2.24, 2.45) is 5.92 Å². The summed E-state index contributed by atoms with van der Waals surface area (Å²) in [6, 6.07) is 1.90. The van der Waals surface area contributed by atoms with Gasteiger partial charge in [-0.1, -0.05) is 0 Å². The van der Waals surface area contributed by atoms with Crippen LogP contribution in [0.3, 0.4) is 0 Å². The van der Waals surface area contributed by atoms with Crippen LogP contribution in [-0.4, -0.2) is 35.0 Å². The van der Waals surface area contributed by atoms with Gasteiger partial charge in [0, 0.05) is 13.1 Å². The van der Waals surface area contributed by atoms with E-state index >= 15 is 0 Å². The molecule has 0 spiro atoms. The number of carbonyl (C=O) groups excluding carboxylic acids is 1. The SMILES string of the molecule is O=C(O)C1CCN(C(=O)c2ccc(F)cc2C(F)(F)F)CC1. The second-order valence-electron chi connectivity index (χ2n) is 5.09. The van der Waals surface area contributed by atoms with Crippen molar-refractivity contribution in [1.82, 2.24) is 4.90 Å². The van der Waals surface area contributed by atoms with E-state index in [4.69, 9.17) is 5.11 Å². The van der Waals surface area contributed by atoms with E-state index in [0.29, 0.717) is 0 Å². The minimum absolute atomic E-state index is 0.0600. The molecule has 2 rings (SSSR count). The molecule has 120 valence electrons. The highest BCUT2D eigenvalue weighted by Crippen LogP contribution is 2.33. The zero-order chi connectivity index (χ0) is 16.5. The molecule has 1 fully saturated rings. The highest BCUT2D eigenvalue weighted by Gasteiger charge is 2.37. The van der Waals surface area contributed by atoms with Gasteiger partial charge in [-0.2, -0.15) is 13.2 Å². The van der Waals surface area contributed by atoms with Gasteiger partial charge in [-0.25, -0.2) is 4.39 Å². The molecule has 22 heavy (non-hydrogen) atoms. The van der Waals surface area contributed by atoms with Crippen molar-refractivity contribution in [2.75, 3.05) is 13.1 Å². The van der Waals surface area contributed by atoms with Crippen LogP contribution in [0.1, 0.15) is 28.8 Å². The molecule has 1 aliphatic heterocycles. The number of alkyl halides is 3. The number of rotatable bonds is 2. The fourth-order valence-electron chi connectivity index (χ4n) is 2.44. The molecule has 1 amide bonds. The first-order chi connectivity index (χ1) is 10.2. The number of nitrogens with zero attached hydrogens (tertiary/aromatic N) is 1. The number of hydrogen-bond donors (Lipinski definition) is 1. The fourth-order valence-corrected chi connectivity index (χ4v) is 2.44. The Balaban J connectivity index is 2.22. The van der Waals surface area contributed by atoms with Gasteiger partial charge in [0.1, 0.15) is 5.82 Å². The molecule has 1 aromatic carbocycles. The largest absolute Gasteiger partial charge is 0.481 e. The van der Waals surface area contributed by atoms with Gasteiger partial charge in [-0.05, 0) is 31.0 Å². The van der Waals surface area contributed by atoms with Crippen LogP contribution in [0.25, 0.3) is 0 Å². The van der Waals surface area contributed by atoms with E-state index in [0.717, 1.165) is 12.1 Å². The number of hydrogen-bond acceptors (Lipinski definition) is 2. The molecule has 0 aromatic heterocycles. The van der Waals surface area contributed by atoms with Crippen LogP contribution in [0.2, 0.25) is 0 Å². The molecule has 0 aliphatic carbocycles. The molecular weight excluding hydrogens is 306 g/mol. The third-order valence-electron chi connectivity index (χ3n) is 3.65. The van der Waals surface area contributed by atoms with Gasteiger partial charge in [0.25, 0.3) is 5.91 Å². The highest BCUT2D eigenvalue weighted by atomic mass is 19.4. The standard InChI is InChI=1S/C14H13F4NO3/c15-9-1-2-10(11(7-9)14(16,17)18)12(20)19-5-3-8(4-6-19)13(21)22/h1-2,7-8H,3-6H2,(H,21,22). The van der Waals surface area contributed by atoms with Gasteiger partial charge >= 0.3 is 12.1 Å². The first-order valence-corrected chi connectivity index (χ1v) is 6.59. The van der Waals surface area contributed by atoms with Gasteiger partial charge in [-0.15, -0.1) is 0 Å². The number of aliphatic carboxylic acids is 1. The summed E-state index contributed by atoms with van der Waals surface area (Å²) in [7, 11) is 0. The molecule has 8 heteroatoms. The first kappa shape index (κ1) is 16.3.